The van der Waals surface area contributed by atoms with Crippen molar-refractivity contribution >= 4 is 11.0 Å². The van der Waals surface area contributed by atoms with Crippen molar-refractivity contribution in [1.82, 2.24) is 14.5 Å². The van der Waals surface area contributed by atoms with Crippen molar-refractivity contribution in [2.45, 2.75) is 13.5 Å². The molecule has 1 aromatic carbocycles. The monoisotopic (exact) mass is 239 g/mol. The molecular formula is C14H13N3O. The van der Waals surface area contributed by atoms with Crippen molar-refractivity contribution < 1.29 is 5.11 Å². The Balaban J connectivity index is 2.20. The van der Waals surface area contributed by atoms with Gasteiger partial charge in [-0.3, -0.25) is 9.55 Å². The molecule has 0 aliphatic rings. The Morgan fingerprint density at radius 3 is 2.67 bits per heavy atom. The summed E-state index contributed by atoms with van der Waals surface area (Å²) >= 11 is 0. The third kappa shape index (κ3) is 1.67. The standard InChI is InChI=1S/C14H13N3O/c1-10-16-13-8-15-7-6-14(13)17(10)12-4-2-11(9-18)3-5-12/h2-8,18H,9H2,1H3. The summed E-state index contributed by atoms with van der Waals surface area (Å²) in [7, 11) is 0. The van der Waals surface area contributed by atoms with Crippen LogP contribution >= 0.6 is 0 Å². The summed E-state index contributed by atoms with van der Waals surface area (Å²) in [5.41, 5.74) is 3.88. The Morgan fingerprint density at radius 1 is 1.17 bits per heavy atom. The van der Waals surface area contributed by atoms with Gasteiger partial charge in [-0.25, -0.2) is 4.98 Å². The smallest absolute Gasteiger partial charge is 0.111 e. The van der Waals surface area contributed by atoms with Crippen molar-refractivity contribution in [3.63, 3.8) is 0 Å². The first kappa shape index (κ1) is 10.9. The molecule has 1 N–H and O–H groups in total. The molecule has 0 fully saturated rings. The number of benzene rings is 1. The van der Waals surface area contributed by atoms with Crippen molar-refractivity contribution in [3.05, 3.63) is 54.1 Å². The number of rotatable bonds is 2. The molecule has 0 amide bonds. The highest BCUT2D eigenvalue weighted by Crippen LogP contribution is 2.20. The minimum absolute atomic E-state index is 0.0634. The van der Waals surface area contributed by atoms with Gasteiger partial charge < -0.3 is 5.11 Å². The maximum absolute atomic E-state index is 9.06. The highest BCUT2D eigenvalue weighted by atomic mass is 16.3. The largest absolute Gasteiger partial charge is 0.392 e. The predicted molar refractivity (Wildman–Crippen MR) is 69.5 cm³/mol. The number of aromatic nitrogens is 3. The summed E-state index contributed by atoms with van der Waals surface area (Å²) in [6.45, 7) is 2.04. The first-order valence-corrected chi connectivity index (χ1v) is 5.79. The van der Waals surface area contributed by atoms with Gasteiger partial charge in [-0.15, -0.1) is 0 Å². The van der Waals surface area contributed by atoms with Gasteiger partial charge in [-0.05, 0) is 30.7 Å². The molecule has 0 saturated carbocycles. The fraction of sp³-hybridized carbons (Fsp3) is 0.143. The number of imidazole rings is 1. The van der Waals surface area contributed by atoms with Gasteiger partial charge in [-0.2, -0.15) is 0 Å². The second-order valence-electron chi connectivity index (χ2n) is 4.18. The van der Waals surface area contributed by atoms with Crippen molar-refractivity contribution in [1.29, 1.82) is 0 Å². The predicted octanol–water partition coefficient (Wildman–Crippen LogP) is 2.22. The number of hydrogen-bond donors (Lipinski definition) is 1. The number of nitrogens with zero attached hydrogens (tertiary/aromatic N) is 3. The number of aliphatic hydroxyl groups excluding tert-OH is 1. The van der Waals surface area contributed by atoms with E-state index < -0.39 is 0 Å². The van der Waals surface area contributed by atoms with Crippen LogP contribution in [0.2, 0.25) is 0 Å². The summed E-state index contributed by atoms with van der Waals surface area (Å²) in [5, 5.41) is 9.06. The van der Waals surface area contributed by atoms with E-state index in [2.05, 4.69) is 14.5 Å². The summed E-state index contributed by atoms with van der Waals surface area (Å²) in [4.78, 5) is 8.56. The molecule has 0 radical (unpaired) electrons. The second-order valence-corrected chi connectivity index (χ2v) is 4.18. The van der Waals surface area contributed by atoms with E-state index in [-0.39, 0.29) is 6.61 Å². The maximum atomic E-state index is 9.06. The molecule has 4 nitrogen and oxygen atoms in total. The van der Waals surface area contributed by atoms with E-state index in [9.17, 15) is 0 Å². The lowest BCUT2D eigenvalue weighted by Crippen LogP contribution is -1.97. The lowest BCUT2D eigenvalue weighted by Gasteiger charge is -2.07. The van der Waals surface area contributed by atoms with Crippen LogP contribution in [0.25, 0.3) is 16.7 Å². The molecule has 0 atom stereocenters. The van der Waals surface area contributed by atoms with E-state index in [1.807, 2.05) is 37.3 Å². The highest BCUT2D eigenvalue weighted by molar-refractivity contribution is 5.77. The third-order valence-corrected chi connectivity index (χ3v) is 3.00. The average molecular weight is 239 g/mol. The lowest BCUT2D eigenvalue weighted by molar-refractivity contribution is 0.282. The first-order chi connectivity index (χ1) is 8.79. The number of fused-ring (bicyclic) bond motifs is 1. The summed E-state index contributed by atoms with van der Waals surface area (Å²) < 4.78 is 2.08. The van der Waals surface area contributed by atoms with Crippen molar-refractivity contribution in [2.75, 3.05) is 0 Å². The van der Waals surface area contributed by atoms with E-state index >= 15 is 0 Å². The molecule has 0 saturated heterocycles. The molecule has 0 unspecified atom stereocenters. The fourth-order valence-electron chi connectivity index (χ4n) is 2.13. The van der Waals surface area contributed by atoms with Crippen LogP contribution in [-0.4, -0.2) is 19.6 Å². The Kier molecular flexibility index (Phi) is 2.57. The van der Waals surface area contributed by atoms with Crippen LogP contribution in [0.15, 0.2) is 42.7 Å². The van der Waals surface area contributed by atoms with E-state index in [1.54, 1.807) is 12.4 Å². The van der Waals surface area contributed by atoms with Crippen LogP contribution in [0.5, 0.6) is 0 Å². The Labute approximate surface area is 105 Å². The fourth-order valence-corrected chi connectivity index (χ4v) is 2.13. The molecule has 3 aromatic rings. The van der Waals surface area contributed by atoms with Gasteiger partial charge in [0.25, 0.3) is 0 Å². The number of aliphatic hydroxyl groups is 1. The zero-order valence-electron chi connectivity index (χ0n) is 10.0. The van der Waals surface area contributed by atoms with Gasteiger partial charge in [0.1, 0.15) is 11.3 Å². The SMILES string of the molecule is Cc1nc2cnccc2n1-c1ccc(CO)cc1. The van der Waals surface area contributed by atoms with Gasteiger partial charge in [-0.1, -0.05) is 12.1 Å². The van der Waals surface area contributed by atoms with Crippen LogP contribution < -0.4 is 0 Å². The van der Waals surface area contributed by atoms with Gasteiger partial charge >= 0.3 is 0 Å². The topological polar surface area (TPSA) is 50.9 Å². The second kappa shape index (κ2) is 4.23. The minimum atomic E-state index is 0.0634. The lowest BCUT2D eigenvalue weighted by atomic mass is 10.2. The molecule has 0 aliphatic carbocycles. The third-order valence-electron chi connectivity index (χ3n) is 3.00. The Bertz CT molecular complexity index is 686. The summed E-state index contributed by atoms with van der Waals surface area (Å²) in [5.74, 6) is 0.926. The quantitative estimate of drug-likeness (QED) is 0.746. The zero-order chi connectivity index (χ0) is 12.5. The van der Waals surface area contributed by atoms with Crippen LogP contribution in [0.1, 0.15) is 11.4 Å². The van der Waals surface area contributed by atoms with Crippen molar-refractivity contribution in [2.24, 2.45) is 0 Å². The molecule has 0 spiro atoms. The Hall–Kier alpha value is -2.20. The number of aryl methyl sites for hydroxylation is 1. The number of pyridine rings is 1. The van der Waals surface area contributed by atoms with Crippen LogP contribution in [0.3, 0.4) is 0 Å². The molecule has 4 heteroatoms. The number of hydrogen-bond acceptors (Lipinski definition) is 3. The van der Waals surface area contributed by atoms with Crippen LogP contribution in [0.4, 0.5) is 0 Å². The molecule has 3 rings (SSSR count). The molecule has 90 valence electrons. The van der Waals surface area contributed by atoms with E-state index in [0.717, 1.165) is 28.1 Å². The summed E-state index contributed by atoms with van der Waals surface area (Å²) in [6.07, 6.45) is 3.53. The zero-order valence-corrected chi connectivity index (χ0v) is 10.0. The van der Waals surface area contributed by atoms with Gasteiger partial charge in [0, 0.05) is 11.9 Å². The van der Waals surface area contributed by atoms with Crippen LogP contribution in [-0.2, 0) is 6.61 Å². The van der Waals surface area contributed by atoms with E-state index in [4.69, 9.17) is 5.11 Å². The normalized spacial score (nSPS) is 11.0. The maximum Gasteiger partial charge on any atom is 0.111 e. The summed E-state index contributed by atoms with van der Waals surface area (Å²) in [6, 6.07) is 9.76. The van der Waals surface area contributed by atoms with E-state index in [1.165, 1.54) is 0 Å². The molecule has 2 heterocycles. The van der Waals surface area contributed by atoms with Gasteiger partial charge in [0.05, 0.1) is 18.3 Å². The van der Waals surface area contributed by atoms with Gasteiger partial charge in [0.2, 0.25) is 0 Å². The molecule has 0 aliphatic heterocycles. The van der Waals surface area contributed by atoms with Crippen molar-refractivity contribution in [3.8, 4) is 5.69 Å². The Morgan fingerprint density at radius 2 is 1.94 bits per heavy atom. The van der Waals surface area contributed by atoms with Crippen LogP contribution in [0, 0.1) is 6.92 Å². The average Bonchev–Trinajstić information content (AvgIpc) is 2.75. The minimum Gasteiger partial charge on any atom is -0.392 e. The first-order valence-electron chi connectivity index (χ1n) is 5.79. The van der Waals surface area contributed by atoms with Gasteiger partial charge in [0.15, 0.2) is 0 Å². The molecule has 18 heavy (non-hydrogen) atoms. The molecular weight excluding hydrogens is 226 g/mol. The highest BCUT2D eigenvalue weighted by Gasteiger charge is 2.08. The molecule has 0 bridgehead atoms. The van der Waals surface area contributed by atoms with E-state index in [0.29, 0.717) is 0 Å². The molecule has 2 aromatic heterocycles.